The molecule has 0 aliphatic rings. The van der Waals surface area contributed by atoms with Crippen molar-refractivity contribution >= 4 is 21.8 Å². The van der Waals surface area contributed by atoms with E-state index in [4.69, 9.17) is 4.74 Å². The van der Waals surface area contributed by atoms with Crippen LogP contribution in [0, 0.1) is 0 Å². The number of aromatic nitrogens is 3. The lowest BCUT2D eigenvalue weighted by molar-refractivity contribution is 0.414. The fourth-order valence-corrected chi connectivity index (χ4v) is 4.33. The van der Waals surface area contributed by atoms with Gasteiger partial charge in [0.15, 0.2) is 0 Å². The maximum atomic E-state index is 13.4. The molecule has 2 heterocycles. The predicted octanol–water partition coefficient (Wildman–Crippen LogP) is 4.54. The van der Waals surface area contributed by atoms with Crippen molar-refractivity contribution in [2.75, 3.05) is 7.11 Å². The van der Waals surface area contributed by atoms with Gasteiger partial charge in [-0.05, 0) is 35.2 Å². The average molecular weight is 409 g/mol. The van der Waals surface area contributed by atoms with E-state index in [0.29, 0.717) is 12.1 Å². The van der Waals surface area contributed by atoms with Crippen molar-refractivity contribution in [1.82, 2.24) is 14.3 Å². The molecule has 5 aromatic rings. The second-order valence-corrected chi connectivity index (χ2v) is 7.76. The summed E-state index contributed by atoms with van der Waals surface area (Å²) in [6, 6.07) is 24.4. The summed E-state index contributed by atoms with van der Waals surface area (Å²) >= 11 is 0. The number of fused-ring (bicyclic) bond motifs is 3. The maximum absolute atomic E-state index is 13.4. The molecule has 5 nitrogen and oxygen atoms in total. The molecule has 0 atom stereocenters. The number of rotatable bonds is 5. The molecule has 0 spiro atoms. The third-order valence-corrected chi connectivity index (χ3v) is 5.80. The molecule has 154 valence electrons. The first-order valence-corrected chi connectivity index (χ1v) is 10.3. The van der Waals surface area contributed by atoms with E-state index in [1.54, 1.807) is 7.11 Å². The molecule has 0 radical (unpaired) electrons. The van der Waals surface area contributed by atoms with Crippen LogP contribution in [-0.4, -0.2) is 21.5 Å². The lowest BCUT2D eigenvalue weighted by atomic mass is 10.0. The molecule has 5 rings (SSSR count). The highest BCUT2D eigenvalue weighted by molar-refractivity contribution is 6.08. The van der Waals surface area contributed by atoms with Crippen molar-refractivity contribution in [2.45, 2.75) is 13.0 Å². The zero-order chi connectivity index (χ0) is 21.4. The van der Waals surface area contributed by atoms with E-state index in [1.807, 2.05) is 48.1 Å². The zero-order valence-electron chi connectivity index (χ0n) is 17.6. The monoisotopic (exact) mass is 409 g/mol. The summed E-state index contributed by atoms with van der Waals surface area (Å²) in [4.78, 5) is 13.4. The summed E-state index contributed by atoms with van der Waals surface area (Å²) in [5, 5.41) is 6.43. The predicted molar refractivity (Wildman–Crippen MR) is 124 cm³/mol. The van der Waals surface area contributed by atoms with Crippen molar-refractivity contribution in [3.8, 4) is 5.75 Å². The Morgan fingerprint density at radius 1 is 0.871 bits per heavy atom. The van der Waals surface area contributed by atoms with Crippen molar-refractivity contribution in [3.63, 3.8) is 0 Å². The minimum Gasteiger partial charge on any atom is -0.497 e. The van der Waals surface area contributed by atoms with E-state index in [2.05, 4.69) is 47.6 Å². The lowest BCUT2D eigenvalue weighted by Crippen LogP contribution is -2.24. The second-order valence-electron chi connectivity index (χ2n) is 7.76. The van der Waals surface area contributed by atoms with E-state index in [9.17, 15) is 4.79 Å². The maximum Gasteiger partial charge on any atom is 0.291 e. The van der Waals surface area contributed by atoms with Crippen LogP contribution >= 0.6 is 0 Å². The number of ether oxygens (including phenoxy) is 1. The quantitative estimate of drug-likeness (QED) is 0.428. The molecule has 0 N–H and O–H groups in total. The number of hydrogen-bond acceptors (Lipinski definition) is 3. The normalized spacial score (nSPS) is 11.3. The van der Waals surface area contributed by atoms with Crippen LogP contribution in [0.2, 0.25) is 0 Å². The Morgan fingerprint density at radius 2 is 1.65 bits per heavy atom. The van der Waals surface area contributed by atoms with Crippen LogP contribution in [0.3, 0.4) is 0 Å². The van der Waals surface area contributed by atoms with Gasteiger partial charge in [0.05, 0.1) is 25.4 Å². The van der Waals surface area contributed by atoms with Gasteiger partial charge >= 0.3 is 0 Å². The molecule has 3 aromatic carbocycles. The Bertz CT molecular complexity index is 1450. The van der Waals surface area contributed by atoms with Crippen LogP contribution in [-0.2, 0) is 20.0 Å². The molecule has 5 heteroatoms. The van der Waals surface area contributed by atoms with Gasteiger partial charge in [0.2, 0.25) is 0 Å². The van der Waals surface area contributed by atoms with E-state index in [1.165, 1.54) is 15.8 Å². The van der Waals surface area contributed by atoms with Crippen LogP contribution in [0.15, 0.2) is 83.8 Å². The summed E-state index contributed by atoms with van der Waals surface area (Å²) in [6.45, 7) is 0.393. The number of para-hydroxylation sites is 1. The van der Waals surface area contributed by atoms with Gasteiger partial charge < -0.3 is 9.30 Å². The Labute approximate surface area is 180 Å². The summed E-state index contributed by atoms with van der Waals surface area (Å²) < 4.78 is 8.85. The highest BCUT2D eigenvalue weighted by Gasteiger charge is 2.16. The number of nitrogens with zero attached hydrogens (tertiary/aromatic N) is 3. The molecular weight excluding hydrogens is 386 g/mol. The third-order valence-electron chi connectivity index (χ3n) is 5.80. The Morgan fingerprint density at radius 3 is 2.45 bits per heavy atom. The highest BCUT2D eigenvalue weighted by Crippen LogP contribution is 2.29. The van der Waals surface area contributed by atoms with Crippen LogP contribution in [0.5, 0.6) is 5.75 Å². The smallest absolute Gasteiger partial charge is 0.291 e. The number of hydrogen-bond donors (Lipinski definition) is 0. The van der Waals surface area contributed by atoms with Crippen molar-refractivity contribution in [3.05, 3.63) is 106 Å². The first-order valence-electron chi connectivity index (χ1n) is 10.3. The molecule has 0 bridgehead atoms. The van der Waals surface area contributed by atoms with Crippen molar-refractivity contribution in [2.24, 2.45) is 7.05 Å². The molecule has 0 fully saturated rings. The molecule has 31 heavy (non-hydrogen) atoms. The standard InChI is InChI=1S/C26H23N3O2/c1-28-24-20(14-18-8-4-3-5-9-18)11-7-13-22(24)23-16-27-29(26(30)25(23)28)17-19-10-6-12-21(15-19)31-2/h3-13,15-16H,14,17H2,1-2H3. The van der Waals surface area contributed by atoms with Gasteiger partial charge in [0.25, 0.3) is 5.56 Å². The first kappa shape index (κ1) is 19.1. The van der Waals surface area contributed by atoms with E-state index >= 15 is 0 Å². The fraction of sp³-hybridized carbons (Fsp3) is 0.154. The van der Waals surface area contributed by atoms with Gasteiger partial charge in [0, 0.05) is 17.8 Å². The van der Waals surface area contributed by atoms with Gasteiger partial charge in [-0.1, -0.05) is 60.7 Å². The van der Waals surface area contributed by atoms with Crippen LogP contribution in [0.1, 0.15) is 16.7 Å². The van der Waals surface area contributed by atoms with Crippen molar-refractivity contribution in [1.29, 1.82) is 0 Å². The average Bonchev–Trinajstić information content (AvgIpc) is 3.10. The molecule has 0 saturated heterocycles. The van der Waals surface area contributed by atoms with E-state index in [-0.39, 0.29) is 5.56 Å². The topological polar surface area (TPSA) is 49.0 Å². The molecule has 2 aromatic heterocycles. The number of aryl methyl sites for hydroxylation is 1. The Hall–Kier alpha value is -3.86. The Kier molecular flexibility index (Phi) is 4.79. The summed E-state index contributed by atoms with van der Waals surface area (Å²) in [5.41, 5.74) is 5.07. The molecular formula is C26H23N3O2. The zero-order valence-corrected chi connectivity index (χ0v) is 17.6. The van der Waals surface area contributed by atoms with Crippen LogP contribution in [0.25, 0.3) is 21.8 Å². The Balaban J connectivity index is 1.64. The van der Waals surface area contributed by atoms with E-state index in [0.717, 1.165) is 34.0 Å². The van der Waals surface area contributed by atoms with Crippen molar-refractivity contribution < 1.29 is 4.74 Å². The molecule has 0 amide bonds. The highest BCUT2D eigenvalue weighted by atomic mass is 16.5. The van der Waals surface area contributed by atoms with Gasteiger partial charge in [0.1, 0.15) is 11.3 Å². The van der Waals surface area contributed by atoms with Gasteiger partial charge in [-0.2, -0.15) is 5.10 Å². The summed E-state index contributed by atoms with van der Waals surface area (Å²) in [5.74, 6) is 0.766. The molecule has 0 saturated carbocycles. The molecule has 0 unspecified atom stereocenters. The summed E-state index contributed by atoms with van der Waals surface area (Å²) in [7, 11) is 3.61. The minimum atomic E-state index is -0.0929. The van der Waals surface area contributed by atoms with Crippen LogP contribution in [0.4, 0.5) is 0 Å². The molecule has 0 aliphatic heterocycles. The number of benzene rings is 3. The summed E-state index contributed by atoms with van der Waals surface area (Å²) in [6.07, 6.45) is 2.62. The van der Waals surface area contributed by atoms with Gasteiger partial charge in [-0.3, -0.25) is 4.79 Å². The van der Waals surface area contributed by atoms with Crippen LogP contribution < -0.4 is 10.3 Å². The number of methoxy groups -OCH3 is 1. The largest absolute Gasteiger partial charge is 0.497 e. The minimum absolute atomic E-state index is 0.0929. The molecule has 0 aliphatic carbocycles. The third kappa shape index (κ3) is 3.38. The van der Waals surface area contributed by atoms with Gasteiger partial charge in [-0.15, -0.1) is 0 Å². The SMILES string of the molecule is COc1cccc(Cn2ncc3c4cccc(Cc5ccccc5)c4n(C)c3c2=O)c1. The lowest BCUT2D eigenvalue weighted by Gasteiger charge is -2.08. The van der Waals surface area contributed by atoms with E-state index < -0.39 is 0 Å². The van der Waals surface area contributed by atoms with Gasteiger partial charge in [-0.25, -0.2) is 4.68 Å². The second kappa shape index (κ2) is 7.76. The fourth-order valence-electron chi connectivity index (χ4n) is 4.33. The first-order chi connectivity index (χ1) is 15.2.